The van der Waals surface area contributed by atoms with Crippen molar-refractivity contribution in [3.05, 3.63) is 59.9 Å². The third kappa shape index (κ3) is 3.75. The first-order valence-corrected chi connectivity index (χ1v) is 7.79. The number of esters is 1. The highest BCUT2D eigenvalue weighted by atomic mass is 32.2. The summed E-state index contributed by atoms with van der Waals surface area (Å²) in [5.74, 6) is 0.718. The number of nitrogens with zero attached hydrogens (tertiary/aromatic N) is 3. The fraction of sp³-hybridized carbons (Fsp3) is 0.125. The van der Waals surface area contributed by atoms with Gasteiger partial charge in [0.2, 0.25) is 5.89 Å². The van der Waals surface area contributed by atoms with Gasteiger partial charge in [-0.25, -0.2) is 4.79 Å². The summed E-state index contributed by atoms with van der Waals surface area (Å²) in [4.78, 5) is 15.5. The Labute approximate surface area is 136 Å². The number of aromatic nitrogens is 3. The van der Waals surface area contributed by atoms with E-state index < -0.39 is 0 Å². The number of hydrogen-bond donors (Lipinski definition) is 0. The zero-order valence-electron chi connectivity index (χ0n) is 12.3. The standard InChI is InChI=1S/C16H13N3O3S/c1-21-15(20)13-4-2-3-11(9-13)10-23-16-19-18-14(22-16)12-5-7-17-8-6-12/h2-9H,10H2,1H3. The van der Waals surface area contributed by atoms with E-state index in [9.17, 15) is 4.79 Å². The average Bonchev–Trinajstić information content (AvgIpc) is 3.09. The van der Waals surface area contributed by atoms with Gasteiger partial charge in [-0.3, -0.25) is 4.98 Å². The molecule has 23 heavy (non-hydrogen) atoms. The van der Waals surface area contributed by atoms with Gasteiger partial charge >= 0.3 is 5.97 Å². The molecule has 0 aliphatic carbocycles. The number of rotatable bonds is 5. The number of pyridine rings is 1. The number of thioether (sulfide) groups is 1. The Bertz CT molecular complexity index is 805. The molecule has 0 atom stereocenters. The largest absolute Gasteiger partial charge is 0.465 e. The van der Waals surface area contributed by atoms with Gasteiger partial charge in [-0.05, 0) is 29.8 Å². The molecule has 7 heteroatoms. The number of carbonyl (C=O) groups excluding carboxylic acids is 1. The molecule has 0 spiro atoms. The van der Waals surface area contributed by atoms with E-state index in [1.54, 1.807) is 24.5 Å². The Morgan fingerprint density at radius 2 is 2.04 bits per heavy atom. The molecule has 0 bridgehead atoms. The fourth-order valence-electron chi connectivity index (χ4n) is 1.93. The van der Waals surface area contributed by atoms with Crippen molar-refractivity contribution in [3.63, 3.8) is 0 Å². The lowest BCUT2D eigenvalue weighted by atomic mass is 10.1. The maximum absolute atomic E-state index is 11.5. The first kappa shape index (κ1) is 15.2. The second kappa shape index (κ2) is 7.06. The molecule has 0 saturated carbocycles. The Balaban J connectivity index is 1.67. The third-order valence-corrected chi connectivity index (χ3v) is 3.93. The maximum atomic E-state index is 11.5. The summed E-state index contributed by atoms with van der Waals surface area (Å²) < 4.78 is 10.3. The summed E-state index contributed by atoms with van der Waals surface area (Å²) >= 11 is 1.41. The van der Waals surface area contributed by atoms with Gasteiger partial charge in [-0.1, -0.05) is 23.9 Å². The molecule has 0 unspecified atom stereocenters. The van der Waals surface area contributed by atoms with E-state index in [2.05, 4.69) is 15.2 Å². The van der Waals surface area contributed by atoms with Crippen LogP contribution >= 0.6 is 11.8 Å². The van der Waals surface area contributed by atoms with E-state index in [-0.39, 0.29) is 5.97 Å². The molecule has 0 radical (unpaired) electrons. The smallest absolute Gasteiger partial charge is 0.337 e. The van der Waals surface area contributed by atoms with Gasteiger partial charge in [0.15, 0.2) is 0 Å². The summed E-state index contributed by atoms with van der Waals surface area (Å²) in [7, 11) is 1.36. The Morgan fingerprint density at radius 1 is 1.22 bits per heavy atom. The van der Waals surface area contributed by atoms with Crippen LogP contribution < -0.4 is 0 Å². The van der Waals surface area contributed by atoms with Gasteiger partial charge in [-0.2, -0.15) is 0 Å². The fourth-order valence-corrected chi connectivity index (χ4v) is 2.64. The van der Waals surface area contributed by atoms with Crippen LogP contribution in [0, 0.1) is 0 Å². The number of hydrogen-bond acceptors (Lipinski definition) is 7. The van der Waals surface area contributed by atoms with Crippen molar-refractivity contribution in [1.82, 2.24) is 15.2 Å². The topological polar surface area (TPSA) is 78.1 Å². The monoisotopic (exact) mass is 327 g/mol. The second-order valence-corrected chi connectivity index (χ2v) is 5.52. The van der Waals surface area contributed by atoms with Crippen molar-refractivity contribution in [2.75, 3.05) is 7.11 Å². The third-order valence-electron chi connectivity index (χ3n) is 3.04. The summed E-state index contributed by atoms with van der Waals surface area (Å²) in [6.45, 7) is 0. The molecule has 2 heterocycles. The molecule has 0 amide bonds. The predicted molar refractivity (Wildman–Crippen MR) is 84.9 cm³/mol. The van der Waals surface area contributed by atoms with Crippen LogP contribution in [-0.4, -0.2) is 28.3 Å². The predicted octanol–water partition coefficient (Wildman–Crippen LogP) is 3.21. The summed E-state index contributed by atoms with van der Waals surface area (Å²) in [5.41, 5.74) is 2.32. The zero-order valence-corrected chi connectivity index (χ0v) is 13.1. The average molecular weight is 327 g/mol. The molecular formula is C16H13N3O3S. The number of methoxy groups -OCH3 is 1. The molecule has 116 valence electrons. The second-order valence-electron chi connectivity index (χ2n) is 4.59. The normalized spacial score (nSPS) is 10.5. The SMILES string of the molecule is COC(=O)c1cccc(CSc2nnc(-c3ccncc3)o2)c1. The highest BCUT2D eigenvalue weighted by Crippen LogP contribution is 2.25. The minimum absolute atomic E-state index is 0.352. The molecule has 0 aliphatic rings. The molecule has 6 nitrogen and oxygen atoms in total. The van der Waals surface area contributed by atoms with Gasteiger partial charge in [-0.15, -0.1) is 10.2 Å². The van der Waals surface area contributed by atoms with Crippen molar-refractivity contribution < 1.29 is 13.9 Å². The van der Waals surface area contributed by atoms with Gasteiger partial charge in [0.1, 0.15) is 0 Å². The van der Waals surface area contributed by atoms with E-state index in [1.165, 1.54) is 18.9 Å². The van der Waals surface area contributed by atoms with Crippen LogP contribution in [0.3, 0.4) is 0 Å². The van der Waals surface area contributed by atoms with Crippen LogP contribution in [0.5, 0.6) is 0 Å². The summed E-state index contributed by atoms with van der Waals surface area (Å²) in [6.07, 6.45) is 3.34. The first-order valence-electron chi connectivity index (χ1n) is 6.80. The van der Waals surface area contributed by atoms with Crippen LogP contribution in [0.2, 0.25) is 0 Å². The van der Waals surface area contributed by atoms with E-state index >= 15 is 0 Å². The van der Waals surface area contributed by atoms with Crippen LogP contribution in [-0.2, 0) is 10.5 Å². The highest BCUT2D eigenvalue weighted by molar-refractivity contribution is 7.98. The Kier molecular flexibility index (Phi) is 4.68. The van der Waals surface area contributed by atoms with Crippen LogP contribution in [0.1, 0.15) is 15.9 Å². The lowest BCUT2D eigenvalue weighted by Gasteiger charge is -2.02. The van der Waals surface area contributed by atoms with Gasteiger partial charge < -0.3 is 9.15 Å². The van der Waals surface area contributed by atoms with Crippen molar-refractivity contribution in [2.24, 2.45) is 0 Å². The number of carbonyl (C=O) groups is 1. The molecule has 0 saturated heterocycles. The van der Waals surface area contributed by atoms with E-state index in [1.807, 2.05) is 24.3 Å². The summed E-state index contributed by atoms with van der Waals surface area (Å²) in [5, 5.41) is 8.51. The van der Waals surface area contributed by atoms with E-state index in [4.69, 9.17) is 9.15 Å². The Hall–Kier alpha value is -2.67. The molecule has 3 rings (SSSR count). The molecule has 2 aromatic heterocycles. The number of benzene rings is 1. The van der Waals surface area contributed by atoms with Crippen LogP contribution in [0.4, 0.5) is 0 Å². The maximum Gasteiger partial charge on any atom is 0.337 e. The van der Waals surface area contributed by atoms with Crippen LogP contribution in [0.15, 0.2) is 58.4 Å². The quantitative estimate of drug-likeness (QED) is 0.526. The van der Waals surface area contributed by atoms with Crippen molar-refractivity contribution >= 4 is 17.7 Å². The van der Waals surface area contributed by atoms with Crippen molar-refractivity contribution in [3.8, 4) is 11.5 Å². The van der Waals surface area contributed by atoms with Crippen molar-refractivity contribution in [1.29, 1.82) is 0 Å². The van der Waals surface area contributed by atoms with Crippen LogP contribution in [0.25, 0.3) is 11.5 Å². The van der Waals surface area contributed by atoms with Crippen molar-refractivity contribution in [2.45, 2.75) is 11.0 Å². The zero-order chi connectivity index (χ0) is 16.1. The molecule has 0 fully saturated rings. The van der Waals surface area contributed by atoms with Gasteiger partial charge in [0.05, 0.1) is 12.7 Å². The molecule has 3 aromatic rings. The lowest BCUT2D eigenvalue weighted by Crippen LogP contribution is -2.01. The highest BCUT2D eigenvalue weighted by Gasteiger charge is 2.10. The minimum Gasteiger partial charge on any atom is -0.465 e. The molecule has 0 N–H and O–H groups in total. The van der Waals surface area contributed by atoms with E-state index in [0.717, 1.165) is 11.1 Å². The Morgan fingerprint density at radius 3 is 2.83 bits per heavy atom. The number of ether oxygens (including phenoxy) is 1. The molecule has 1 aromatic carbocycles. The minimum atomic E-state index is -0.352. The van der Waals surface area contributed by atoms with Gasteiger partial charge in [0.25, 0.3) is 5.22 Å². The molecular weight excluding hydrogens is 314 g/mol. The van der Waals surface area contributed by atoms with E-state index in [0.29, 0.717) is 22.4 Å². The first-order chi connectivity index (χ1) is 11.3. The summed E-state index contributed by atoms with van der Waals surface area (Å²) in [6, 6.07) is 10.9. The molecule has 0 aliphatic heterocycles. The lowest BCUT2D eigenvalue weighted by molar-refractivity contribution is 0.0600. The van der Waals surface area contributed by atoms with Gasteiger partial charge in [0, 0.05) is 23.7 Å².